The number of pyridine rings is 1. The van der Waals surface area contributed by atoms with Crippen molar-refractivity contribution in [3.05, 3.63) is 60.3 Å². The molecule has 1 atom stereocenters. The van der Waals surface area contributed by atoms with Crippen molar-refractivity contribution in [3.8, 4) is 0 Å². The average molecular weight is 349 g/mol. The molecule has 1 amide bonds. The molecule has 0 saturated carbocycles. The highest BCUT2D eigenvalue weighted by Crippen LogP contribution is 2.26. The lowest BCUT2D eigenvalue weighted by Gasteiger charge is -2.33. The van der Waals surface area contributed by atoms with Gasteiger partial charge >= 0.3 is 0 Å². The molecule has 7 nitrogen and oxygen atoms in total. The fourth-order valence-electron chi connectivity index (χ4n) is 3.22. The highest BCUT2D eigenvalue weighted by Gasteiger charge is 2.30. The maximum absolute atomic E-state index is 13.1. The number of amides is 1. The number of aromatic nitrogens is 3. The Kier molecular flexibility index (Phi) is 4.45. The summed E-state index contributed by atoms with van der Waals surface area (Å²) >= 11 is 0. The minimum Gasteiger partial charge on any atom is -0.372 e. The van der Waals surface area contributed by atoms with Gasteiger partial charge in [0, 0.05) is 37.6 Å². The lowest BCUT2D eigenvalue weighted by atomic mass is 10.1. The maximum Gasteiger partial charge on any atom is 0.273 e. The molecule has 132 valence electrons. The summed E-state index contributed by atoms with van der Waals surface area (Å²) in [5.41, 5.74) is 1.18. The van der Waals surface area contributed by atoms with E-state index in [-0.39, 0.29) is 12.0 Å². The number of anilines is 1. The van der Waals surface area contributed by atoms with Crippen LogP contribution in [0.4, 0.5) is 5.82 Å². The molecule has 1 aliphatic rings. The first-order valence-corrected chi connectivity index (χ1v) is 8.51. The zero-order chi connectivity index (χ0) is 17.9. The van der Waals surface area contributed by atoms with Gasteiger partial charge in [0.1, 0.15) is 23.3 Å². The van der Waals surface area contributed by atoms with Gasteiger partial charge in [0.05, 0.1) is 13.2 Å². The van der Waals surface area contributed by atoms with Crippen LogP contribution in [0.1, 0.15) is 22.3 Å². The second-order valence-electron chi connectivity index (χ2n) is 6.03. The molecule has 3 heterocycles. The van der Waals surface area contributed by atoms with Crippen LogP contribution in [0.2, 0.25) is 0 Å². The summed E-state index contributed by atoms with van der Waals surface area (Å²) in [4.78, 5) is 27.9. The number of hydrogen-bond acceptors (Lipinski definition) is 6. The van der Waals surface area contributed by atoms with Crippen LogP contribution in [0.5, 0.6) is 0 Å². The van der Waals surface area contributed by atoms with Gasteiger partial charge in [-0.1, -0.05) is 24.3 Å². The molecule has 0 bridgehead atoms. The summed E-state index contributed by atoms with van der Waals surface area (Å²) in [7, 11) is 1.79. The van der Waals surface area contributed by atoms with Crippen LogP contribution >= 0.6 is 0 Å². The van der Waals surface area contributed by atoms with Crippen LogP contribution in [-0.2, 0) is 4.74 Å². The third-order valence-electron chi connectivity index (χ3n) is 4.50. The minimum absolute atomic E-state index is 0.0926. The molecule has 0 spiro atoms. The molecule has 7 heteroatoms. The predicted molar refractivity (Wildman–Crippen MR) is 97.9 cm³/mol. The average Bonchev–Trinajstić information content (AvgIpc) is 2.73. The number of carbonyl (C=O) groups is 1. The summed E-state index contributed by atoms with van der Waals surface area (Å²) in [5.74, 6) is 0.570. The minimum atomic E-state index is -0.321. The molecule has 1 saturated heterocycles. The quantitative estimate of drug-likeness (QED) is 0.781. The topological polar surface area (TPSA) is 80.2 Å². The Hall–Kier alpha value is -3.06. The molecule has 26 heavy (non-hydrogen) atoms. The Balaban J connectivity index is 1.62. The first-order valence-electron chi connectivity index (χ1n) is 8.51. The molecular formula is C19H19N5O2. The van der Waals surface area contributed by atoms with Gasteiger partial charge in [-0.25, -0.2) is 4.98 Å². The lowest BCUT2D eigenvalue weighted by molar-refractivity contribution is -0.0246. The van der Waals surface area contributed by atoms with Crippen LogP contribution < -0.4 is 5.32 Å². The molecule has 4 rings (SSSR count). The van der Waals surface area contributed by atoms with Gasteiger partial charge in [0.15, 0.2) is 0 Å². The largest absolute Gasteiger partial charge is 0.372 e. The number of nitrogens with zero attached hydrogens (tertiary/aromatic N) is 4. The van der Waals surface area contributed by atoms with Gasteiger partial charge < -0.3 is 15.0 Å². The SMILES string of the molecule is CNc1nccnc1[C@@H]1CN(C(=O)c2nccc3ccccc23)CCO1. The number of ether oxygens (including phenoxy) is 1. The van der Waals surface area contributed by atoms with Gasteiger partial charge in [0.25, 0.3) is 5.91 Å². The van der Waals surface area contributed by atoms with Crippen molar-refractivity contribution in [2.75, 3.05) is 32.1 Å². The van der Waals surface area contributed by atoms with E-state index in [9.17, 15) is 4.79 Å². The summed E-state index contributed by atoms with van der Waals surface area (Å²) in [5, 5.41) is 4.88. The smallest absolute Gasteiger partial charge is 0.273 e. The molecule has 1 aromatic carbocycles. The zero-order valence-electron chi connectivity index (χ0n) is 14.4. The van der Waals surface area contributed by atoms with Crippen molar-refractivity contribution in [2.45, 2.75) is 6.10 Å². The zero-order valence-corrected chi connectivity index (χ0v) is 14.4. The Morgan fingerprint density at radius 2 is 2.00 bits per heavy atom. The van der Waals surface area contributed by atoms with Crippen LogP contribution in [-0.4, -0.2) is 52.5 Å². The highest BCUT2D eigenvalue weighted by molar-refractivity contribution is 6.05. The molecule has 1 aliphatic heterocycles. The van der Waals surface area contributed by atoms with E-state index in [1.165, 1.54) is 0 Å². The standard InChI is InChI=1S/C19H19N5O2/c1-20-18-17(22-8-9-23-18)15-12-24(10-11-26-15)19(25)16-14-5-3-2-4-13(14)6-7-21-16/h2-9,15H,10-12H2,1H3,(H,20,23)/t15-/m0/s1. The van der Waals surface area contributed by atoms with E-state index < -0.39 is 0 Å². The Morgan fingerprint density at radius 1 is 1.15 bits per heavy atom. The predicted octanol–water partition coefficient (Wildman–Crippen LogP) is 2.28. The van der Waals surface area contributed by atoms with Gasteiger partial charge in [-0.2, -0.15) is 0 Å². The normalized spacial score (nSPS) is 17.3. The van der Waals surface area contributed by atoms with Crippen molar-refractivity contribution in [1.82, 2.24) is 19.9 Å². The van der Waals surface area contributed by atoms with E-state index in [0.29, 0.717) is 36.9 Å². The Bertz CT molecular complexity index is 941. The highest BCUT2D eigenvalue weighted by atomic mass is 16.5. The van der Waals surface area contributed by atoms with Crippen molar-refractivity contribution >= 4 is 22.5 Å². The molecule has 3 aromatic rings. The second kappa shape index (κ2) is 7.05. The van der Waals surface area contributed by atoms with E-state index in [1.807, 2.05) is 30.3 Å². The van der Waals surface area contributed by atoms with E-state index in [4.69, 9.17) is 4.74 Å². The number of nitrogens with one attached hydrogen (secondary N) is 1. The van der Waals surface area contributed by atoms with Crippen molar-refractivity contribution in [2.24, 2.45) is 0 Å². The second-order valence-corrected chi connectivity index (χ2v) is 6.03. The van der Waals surface area contributed by atoms with Gasteiger partial charge in [-0.3, -0.25) is 14.8 Å². The van der Waals surface area contributed by atoms with E-state index in [1.54, 1.807) is 30.5 Å². The fourth-order valence-corrected chi connectivity index (χ4v) is 3.22. The van der Waals surface area contributed by atoms with Gasteiger partial charge in [0.2, 0.25) is 0 Å². The first kappa shape index (κ1) is 16.4. The van der Waals surface area contributed by atoms with Crippen molar-refractivity contribution in [3.63, 3.8) is 0 Å². The number of hydrogen-bond donors (Lipinski definition) is 1. The number of carbonyl (C=O) groups excluding carboxylic acids is 1. The van der Waals surface area contributed by atoms with E-state index >= 15 is 0 Å². The van der Waals surface area contributed by atoms with E-state index in [0.717, 1.165) is 10.8 Å². The summed E-state index contributed by atoms with van der Waals surface area (Å²) in [6.07, 6.45) is 4.61. The molecule has 2 aromatic heterocycles. The fraction of sp³-hybridized carbons (Fsp3) is 0.263. The summed E-state index contributed by atoms with van der Waals surface area (Å²) in [6, 6.07) is 9.69. The number of rotatable bonds is 3. The molecular weight excluding hydrogens is 330 g/mol. The van der Waals surface area contributed by atoms with Gasteiger partial charge in [-0.15, -0.1) is 0 Å². The van der Waals surface area contributed by atoms with Crippen molar-refractivity contribution < 1.29 is 9.53 Å². The van der Waals surface area contributed by atoms with Crippen LogP contribution in [0, 0.1) is 0 Å². The summed E-state index contributed by atoms with van der Waals surface area (Å²) < 4.78 is 5.85. The first-order chi connectivity index (χ1) is 12.8. The molecule has 1 N–H and O–H groups in total. The maximum atomic E-state index is 13.1. The molecule has 1 fully saturated rings. The number of fused-ring (bicyclic) bond motifs is 1. The molecule has 0 aliphatic carbocycles. The lowest BCUT2D eigenvalue weighted by Crippen LogP contribution is -2.43. The third-order valence-corrected chi connectivity index (χ3v) is 4.50. The Labute approximate surface area is 151 Å². The van der Waals surface area contributed by atoms with E-state index in [2.05, 4.69) is 20.3 Å². The third kappa shape index (κ3) is 2.97. The Morgan fingerprint density at radius 3 is 2.88 bits per heavy atom. The molecule has 0 radical (unpaired) electrons. The molecule has 0 unspecified atom stereocenters. The number of benzene rings is 1. The van der Waals surface area contributed by atoms with Gasteiger partial charge in [-0.05, 0) is 11.5 Å². The van der Waals surface area contributed by atoms with Crippen LogP contribution in [0.15, 0.2) is 48.9 Å². The van der Waals surface area contributed by atoms with Crippen LogP contribution in [0.25, 0.3) is 10.8 Å². The van der Waals surface area contributed by atoms with Crippen LogP contribution in [0.3, 0.4) is 0 Å². The van der Waals surface area contributed by atoms with Crippen molar-refractivity contribution in [1.29, 1.82) is 0 Å². The monoisotopic (exact) mass is 349 g/mol. The summed E-state index contributed by atoms with van der Waals surface area (Å²) in [6.45, 7) is 1.38. The number of morpholine rings is 1.